The Morgan fingerprint density at radius 3 is 1.76 bits per heavy atom. The molecule has 0 radical (unpaired) electrons. The Balaban J connectivity index is 0.000000180. The molecule has 4 N–H and O–H groups in total. The van der Waals surface area contributed by atoms with Crippen LogP contribution in [0.2, 0.25) is 0 Å². The number of rotatable bonds is 5. The number of ketones is 4. The molecule has 0 unspecified atom stereocenters. The fraction of sp³-hybridized carbons (Fsp3) is 0.674. The van der Waals surface area contributed by atoms with E-state index in [1.54, 1.807) is 32.9 Å². The van der Waals surface area contributed by atoms with E-state index >= 15 is 8.78 Å². The van der Waals surface area contributed by atoms with E-state index in [9.17, 15) is 44.4 Å². The maximum Gasteiger partial charge on any atom is 0.303 e. The van der Waals surface area contributed by atoms with Gasteiger partial charge in [-0.2, -0.15) is 0 Å². The van der Waals surface area contributed by atoms with Crippen LogP contribution in [0.5, 0.6) is 0 Å². The summed E-state index contributed by atoms with van der Waals surface area (Å²) in [5, 5.41) is 45.4. The number of aliphatic hydroxyl groups excluding tert-OH is 2. The third-order valence-electron chi connectivity index (χ3n) is 17.4. The van der Waals surface area contributed by atoms with Crippen molar-refractivity contribution in [3.8, 4) is 0 Å². The molecule has 0 aliphatic heterocycles. The average Bonchev–Trinajstić information content (AvgIpc) is 3.50. The first-order valence-corrected chi connectivity index (χ1v) is 21.3. The van der Waals surface area contributed by atoms with Gasteiger partial charge in [-0.1, -0.05) is 50.6 Å². The lowest BCUT2D eigenvalue weighted by molar-refractivity contribution is -0.218. The van der Waals surface area contributed by atoms with Gasteiger partial charge in [-0.05, 0) is 113 Å². The molecule has 8 aliphatic carbocycles. The second-order valence-electron chi connectivity index (χ2n) is 19.7. The number of aliphatic hydroxyl groups is 4. The number of carbonyl (C=O) groups excluding carboxylic acids is 5. The summed E-state index contributed by atoms with van der Waals surface area (Å²) < 4.78 is 38.7. The Morgan fingerprint density at radius 2 is 1.29 bits per heavy atom. The number of allylic oxidation sites excluding steroid dienone is 8. The molecule has 0 heterocycles. The molecule has 10 nitrogen and oxygen atoms in total. The molecule has 59 heavy (non-hydrogen) atoms. The van der Waals surface area contributed by atoms with Crippen molar-refractivity contribution in [3.63, 3.8) is 0 Å². The summed E-state index contributed by atoms with van der Waals surface area (Å²) in [5.41, 5.74) is -10.4. The Bertz CT molecular complexity index is 2040. The standard InChI is InChI=1S/C24H29FO6.C22H28ClFO4/c1-13-9-18-17-6-5-15-10-16(27)7-8-21(15,3)23(17,25)19(28)11-22(18,4)24(13,30)20(29)12-31-14(2)26;1-12-8-16-15-5-4-13-9-14(25)6-7-19(13,2)21(15,24)17(26)10-20(16,3)22(12,28)18(27)11-23/h7-8,10,17-19,28,30H,1,5-6,9,11-12H2,2-4H3;6-7,9,12,15-17,26,28H,4-5,8,10-11H2,1-3H3/t17-,18-,19-,21-,22-,23-,24-;12-,15-,16-,17-,19-,20-,21-,22-/m00/s1. The first kappa shape index (κ1) is 43.9. The lowest BCUT2D eigenvalue weighted by Gasteiger charge is -2.62. The zero-order valence-electron chi connectivity index (χ0n) is 34.7. The van der Waals surface area contributed by atoms with Crippen molar-refractivity contribution in [3.05, 3.63) is 59.8 Å². The largest absolute Gasteiger partial charge is 0.458 e. The highest BCUT2D eigenvalue weighted by Crippen LogP contribution is 2.72. The average molecular weight is 843 g/mol. The zero-order chi connectivity index (χ0) is 43.7. The molecule has 6 saturated carbocycles. The molecule has 0 amide bonds. The van der Waals surface area contributed by atoms with Gasteiger partial charge in [0.15, 0.2) is 40.9 Å². The number of carbonyl (C=O) groups is 5. The molecule has 13 heteroatoms. The first-order valence-electron chi connectivity index (χ1n) is 20.8. The minimum Gasteiger partial charge on any atom is -0.458 e. The molecule has 0 bridgehead atoms. The minimum atomic E-state index is -2.05. The Kier molecular flexibility index (Phi) is 10.4. The van der Waals surface area contributed by atoms with E-state index in [0.717, 1.165) is 5.57 Å². The van der Waals surface area contributed by atoms with Crippen molar-refractivity contribution in [2.24, 2.45) is 51.2 Å². The van der Waals surface area contributed by atoms with E-state index in [-0.39, 0.29) is 54.1 Å². The highest BCUT2D eigenvalue weighted by molar-refractivity contribution is 6.29. The van der Waals surface area contributed by atoms with E-state index in [0.29, 0.717) is 37.7 Å². The van der Waals surface area contributed by atoms with Gasteiger partial charge in [-0.25, -0.2) is 8.78 Å². The van der Waals surface area contributed by atoms with Crippen molar-refractivity contribution in [1.82, 2.24) is 0 Å². The van der Waals surface area contributed by atoms with Gasteiger partial charge in [0.25, 0.3) is 0 Å². The number of hydrogen-bond donors (Lipinski definition) is 4. The van der Waals surface area contributed by atoms with Gasteiger partial charge in [0, 0.05) is 40.4 Å². The molecule has 0 aromatic heterocycles. The predicted molar refractivity (Wildman–Crippen MR) is 213 cm³/mol. The number of alkyl halides is 3. The summed E-state index contributed by atoms with van der Waals surface area (Å²) in [5.74, 6) is -4.66. The summed E-state index contributed by atoms with van der Waals surface area (Å²) in [6.07, 6.45) is 8.55. The van der Waals surface area contributed by atoms with E-state index in [2.05, 4.69) is 6.58 Å². The number of hydrogen-bond acceptors (Lipinski definition) is 10. The quantitative estimate of drug-likeness (QED) is 0.157. The molecule has 0 aromatic carbocycles. The second-order valence-corrected chi connectivity index (χ2v) is 20.0. The van der Waals surface area contributed by atoms with E-state index < -0.39 is 98.3 Å². The normalized spacial score (nSPS) is 49.1. The van der Waals surface area contributed by atoms with Crippen LogP contribution in [0.4, 0.5) is 8.78 Å². The molecule has 8 rings (SSSR count). The molecular formula is C46H57ClF2O10. The van der Waals surface area contributed by atoms with Crippen molar-refractivity contribution < 1.29 is 57.9 Å². The summed E-state index contributed by atoms with van der Waals surface area (Å²) in [4.78, 5) is 60.6. The lowest BCUT2D eigenvalue weighted by Crippen LogP contribution is -2.69. The smallest absolute Gasteiger partial charge is 0.303 e. The van der Waals surface area contributed by atoms with Crippen LogP contribution in [0.25, 0.3) is 0 Å². The van der Waals surface area contributed by atoms with Crippen LogP contribution in [-0.4, -0.2) is 96.8 Å². The van der Waals surface area contributed by atoms with Crippen molar-refractivity contribution in [2.75, 3.05) is 12.5 Å². The maximum atomic E-state index is 17.0. The highest BCUT2D eigenvalue weighted by Gasteiger charge is 2.77. The SMILES string of the molecule is C=C1C[C@H]2[C@@H]3CCC4=CC(=O)C=C[C@]4(C)[C@@]3(F)[C@@H](O)C[C@]2(C)[C@@]1(O)C(=O)COC(C)=O.C[C@H]1C[C@H]2[C@@H]3CCC4=CC(=O)C=C[C@]4(C)[C@@]3(F)[C@@H](O)C[C@]2(C)[C@@]1(O)C(=O)CCl. The van der Waals surface area contributed by atoms with Crippen LogP contribution < -0.4 is 0 Å². The van der Waals surface area contributed by atoms with Gasteiger partial charge in [0.2, 0.25) is 5.78 Å². The molecule has 8 aliphatic rings. The second kappa shape index (κ2) is 13.9. The fourth-order valence-electron chi connectivity index (χ4n) is 14.2. The summed E-state index contributed by atoms with van der Waals surface area (Å²) in [7, 11) is 0. The molecule has 0 saturated heterocycles. The van der Waals surface area contributed by atoms with Gasteiger partial charge in [0.1, 0.15) is 5.60 Å². The van der Waals surface area contributed by atoms with Gasteiger partial charge < -0.3 is 25.2 Å². The molecular weight excluding hydrogens is 786 g/mol. The van der Waals surface area contributed by atoms with Crippen molar-refractivity contribution in [2.45, 2.75) is 128 Å². The summed E-state index contributed by atoms with van der Waals surface area (Å²) in [6, 6.07) is 0. The van der Waals surface area contributed by atoms with E-state index in [1.165, 1.54) is 31.2 Å². The zero-order valence-corrected chi connectivity index (χ0v) is 35.4. The number of Topliss-reactive ketones (excluding diaryl/α,β-unsaturated/α-hetero) is 2. The summed E-state index contributed by atoms with van der Waals surface area (Å²) in [6.45, 7) is 13.3. The Labute approximate surface area is 348 Å². The lowest BCUT2D eigenvalue weighted by atomic mass is 9.44. The van der Waals surface area contributed by atoms with Crippen molar-refractivity contribution in [1.29, 1.82) is 0 Å². The highest BCUT2D eigenvalue weighted by atomic mass is 35.5. The van der Waals surface area contributed by atoms with Crippen LogP contribution in [0.1, 0.15) is 92.9 Å². The number of halogens is 3. The predicted octanol–water partition coefficient (Wildman–Crippen LogP) is 5.53. The summed E-state index contributed by atoms with van der Waals surface area (Å²) >= 11 is 5.81. The van der Waals surface area contributed by atoms with E-state index in [1.807, 2.05) is 13.8 Å². The molecule has 0 aromatic rings. The molecule has 322 valence electrons. The van der Waals surface area contributed by atoms with Gasteiger partial charge >= 0.3 is 5.97 Å². The third kappa shape index (κ3) is 5.44. The topological polar surface area (TPSA) is 175 Å². The molecule has 6 fully saturated rings. The number of fused-ring (bicyclic) bond motifs is 10. The third-order valence-corrected chi connectivity index (χ3v) is 17.7. The van der Waals surface area contributed by atoms with Gasteiger partial charge in [-0.15, -0.1) is 11.6 Å². The van der Waals surface area contributed by atoms with Gasteiger partial charge in [-0.3, -0.25) is 24.0 Å². The van der Waals surface area contributed by atoms with Crippen LogP contribution in [0.15, 0.2) is 59.8 Å². The Morgan fingerprint density at radius 1 is 0.814 bits per heavy atom. The Hall–Kier alpha value is -3.16. The van der Waals surface area contributed by atoms with Crippen LogP contribution in [0, 0.1) is 51.2 Å². The molecule has 0 spiro atoms. The van der Waals surface area contributed by atoms with Crippen molar-refractivity contribution >= 4 is 40.7 Å². The fourth-order valence-corrected chi connectivity index (χ4v) is 14.4. The van der Waals surface area contributed by atoms with E-state index in [4.69, 9.17) is 16.3 Å². The monoisotopic (exact) mass is 842 g/mol. The van der Waals surface area contributed by atoms with Crippen LogP contribution in [-0.2, 0) is 28.7 Å². The first-order chi connectivity index (χ1) is 27.3. The maximum absolute atomic E-state index is 17.0. The van der Waals surface area contributed by atoms with Crippen LogP contribution >= 0.6 is 11.6 Å². The number of ether oxygens (including phenoxy) is 1. The molecule has 15 atom stereocenters. The van der Waals surface area contributed by atoms with Gasteiger partial charge in [0.05, 0.1) is 18.1 Å². The number of esters is 1. The minimum absolute atomic E-state index is 0.0151. The van der Waals surface area contributed by atoms with Crippen LogP contribution in [0.3, 0.4) is 0 Å².